The summed E-state index contributed by atoms with van der Waals surface area (Å²) < 4.78 is 1.13. The average Bonchev–Trinajstić information content (AvgIpc) is 2.75. The van der Waals surface area contributed by atoms with Gasteiger partial charge in [0.2, 0.25) is 0 Å². The molecule has 1 aliphatic heterocycles. The number of rotatable bonds is 1. The van der Waals surface area contributed by atoms with Crippen molar-refractivity contribution in [3.8, 4) is 0 Å². The predicted molar refractivity (Wildman–Crippen MR) is 76.0 cm³/mol. The number of hydrogen-bond donors (Lipinski definition) is 2. The molecule has 3 rings (SSSR count). The van der Waals surface area contributed by atoms with Gasteiger partial charge in [-0.15, -0.1) is 0 Å². The number of aliphatic hydroxyl groups excluding tert-OH is 1. The Bertz CT molecular complexity index is 568. The maximum atomic E-state index is 9.76. The SMILES string of the molecule is CC1CN(c2nc3ccc(N)cc3s2)CCC1O. The van der Waals surface area contributed by atoms with Crippen LogP contribution < -0.4 is 10.6 Å². The Morgan fingerprint density at radius 3 is 3.11 bits per heavy atom. The number of thiazole rings is 1. The molecular weight excluding hydrogens is 246 g/mol. The van der Waals surface area contributed by atoms with Crippen LogP contribution >= 0.6 is 11.3 Å². The number of piperidine rings is 1. The Balaban J connectivity index is 1.90. The van der Waals surface area contributed by atoms with Gasteiger partial charge in [0, 0.05) is 18.8 Å². The van der Waals surface area contributed by atoms with E-state index in [1.54, 1.807) is 11.3 Å². The van der Waals surface area contributed by atoms with Crippen molar-refractivity contribution in [3.05, 3.63) is 18.2 Å². The molecule has 2 heterocycles. The lowest BCUT2D eigenvalue weighted by Crippen LogP contribution is -2.41. The van der Waals surface area contributed by atoms with E-state index in [0.717, 1.165) is 40.5 Å². The van der Waals surface area contributed by atoms with E-state index in [-0.39, 0.29) is 6.10 Å². The molecule has 18 heavy (non-hydrogen) atoms. The second-order valence-corrected chi connectivity index (χ2v) is 6.01. The summed E-state index contributed by atoms with van der Waals surface area (Å²) in [6.07, 6.45) is 0.644. The van der Waals surface area contributed by atoms with Gasteiger partial charge in [-0.05, 0) is 30.5 Å². The zero-order valence-corrected chi connectivity index (χ0v) is 11.2. The van der Waals surface area contributed by atoms with Crippen molar-refractivity contribution < 1.29 is 5.11 Å². The summed E-state index contributed by atoms with van der Waals surface area (Å²) >= 11 is 1.67. The lowest BCUT2D eigenvalue weighted by Gasteiger charge is -2.34. The van der Waals surface area contributed by atoms with Crippen molar-refractivity contribution in [1.82, 2.24) is 4.98 Å². The van der Waals surface area contributed by atoms with Gasteiger partial charge in [0.15, 0.2) is 5.13 Å². The Kier molecular flexibility index (Phi) is 2.87. The smallest absolute Gasteiger partial charge is 0.186 e. The minimum Gasteiger partial charge on any atom is -0.399 e. The summed E-state index contributed by atoms with van der Waals surface area (Å²) in [7, 11) is 0. The van der Waals surface area contributed by atoms with Crippen molar-refractivity contribution in [1.29, 1.82) is 0 Å². The number of nitrogens with zero attached hydrogens (tertiary/aromatic N) is 2. The highest BCUT2D eigenvalue weighted by atomic mass is 32.1. The van der Waals surface area contributed by atoms with E-state index in [2.05, 4.69) is 16.8 Å². The molecule has 2 aromatic rings. The lowest BCUT2D eigenvalue weighted by molar-refractivity contribution is 0.0971. The molecule has 0 saturated carbocycles. The van der Waals surface area contributed by atoms with Gasteiger partial charge in [-0.3, -0.25) is 0 Å². The first-order valence-corrected chi connectivity index (χ1v) is 7.04. The summed E-state index contributed by atoms with van der Waals surface area (Å²) in [5, 5.41) is 10.8. The Labute approximate surface area is 110 Å². The van der Waals surface area contributed by atoms with Gasteiger partial charge in [-0.1, -0.05) is 18.3 Å². The highest BCUT2D eigenvalue weighted by molar-refractivity contribution is 7.22. The third-order valence-electron chi connectivity index (χ3n) is 3.53. The van der Waals surface area contributed by atoms with Gasteiger partial charge in [0.05, 0.1) is 16.3 Å². The fourth-order valence-electron chi connectivity index (χ4n) is 2.37. The van der Waals surface area contributed by atoms with E-state index >= 15 is 0 Å². The molecule has 0 spiro atoms. The summed E-state index contributed by atoms with van der Waals surface area (Å²) in [4.78, 5) is 6.91. The maximum absolute atomic E-state index is 9.76. The van der Waals surface area contributed by atoms with Gasteiger partial charge >= 0.3 is 0 Å². The first-order valence-electron chi connectivity index (χ1n) is 6.22. The summed E-state index contributed by atoms with van der Waals surface area (Å²) in [6, 6.07) is 5.82. The molecule has 0 bridgehead atoms. The molecule has 1 aromatic carbocycles. The number of fused-ring (bicyclic) bond motifs is 1. The minimum absolute atomic E-state index is 0.175. The fraction of sp³-hybridized carbons (Fsp3) is 0.462. The summed E-state index contributed by atoms with van der Waals surface area (Å²) in [5.74, 6) is 0.302. The molecule has 0 radical (unpaired) electrons. The molecule has 1 aliphatic rings. The molecule has 2 unspecified atom stereocenters. The third-order valence-corrected chi connectivity index (χ3v) is 4.61. The predicted octanol–water partition coefficient (Wildman–Crippen LogP) is 2.09. The van der Waals surface area contributed by atoms with Gasteiger partial charge in [0.25, 0.3) is 0 Å². The van der Waals surface area contributed by atoms with E-state index in [1.165, 1.54) is 0 Å². The second kappa shape index (κ2) is 4.40. The molecule has 3 N–H and O–H groups in total. The lowest BCUT2D eigenvalue weighted by atomic mass is 9.97. The summed E-state index contributed by atoms with van der Waals surface area (Å²) in [6.45, 7) is 3.83. The van der Waals surface area contributed by atoms with E-state index < -0.39 is 0 Å². The number of benzene rings is 1. The molecule has 96 valence electrons. The molecule has 0 aliphatic carbocycles. The van der Waals surface area contributed by atoms with Gasteiger partial charge in [-0.2, -0.15) is 0 Å². The van der Waals surface area contributed by atoms with Crippen molar-refractivity contribution in [2.24, 2.45) is 5.92 Å². The molecule has 4 nitrogen and oxygen atoms in total. The Morgan fingerprint density at radius 2 is 2.33 bits per heavy atom. The highest BCUT2D eigenvalue weighted by Crippen LogP contribution is 2.32. The standard InChI is InChI=1S/C13H17N3OS/c1-8-7-16(5-4-11(8)17)13-15-10-3-2-9(14)6-12(10)18-13/h2-3,6,8,11,17H,4-5,7,14H2,1H3. The quantitative estimate of drug-likeness (QED) is 0.773. The van der Waals surface area contributed by atoms with E-state index in [4.69, 9.17) is 5.73 Å². The van der Waals surface area contributed by atoms with Crippen LogP contribution in [0, 0.1) is 5.92 Å². The minimum atomic E-state index is -0.175. The molecule has 0 amide bonds. The number of aliphatic hydroxyl groups is 1. The van der Waals surface area contributed by atoms with Gasteiger partial charge in [0.1, 0.15) is 0 Å². The average molecular weight is 263 g/mol. The largest absolute Gasteiger partial charge is 0.399 e. The topological polar surface area (TPSA) is 62.4 Å². The van der Waals surface area contributed by atoms with E-state index in [9.17, 15) is 5.11 Å². The number of anilines is 2. The van der Waals surface area contributed by atoms with Crippen LogP contribution in [0.5, 0.6) is 0 Å². The second-order valence-electron chi connectivity index (χ2n) is 5.00. The zero-order chi connectivity index (χ0) is 12.7. The number of aromatic nitrogens is 1. The molecule has 5 heteroatoms. The van der Waals surface area contributed by atoms with Crippen molar-refractivity contribution in [2.75, 3.05) is 23.7 Å². The first kappa shape index (κ1) is 11.7. The Hall–Kier alpha value is -1.33. The Morgan fingerprint density at radius 1 is 1.50 bits per heavy atom. The number of nitrogens with two attached hydrogens (primary N) is 1. The fourth-order valence-corrected chi connectivity index (χ4v) is 3.42. The van der Waals surface area contributed by atoms with Crippen LogP contribution in [-0.2, 0) is 0 Å². The first-order chi connectivity index (χ1) is 8.63. The maximum Gasteiger partial charge on any atom is 0.186 e. The van der Waals surface area contributed by atoms with Gasteiger partial charge in [-0.25, -0.2) is 4.98 Å². The van der Waals surface area contributed by atoms with Gasteiger partial charge < -0.3 is 15.7 Å². The van der Waals surface area contributed by atoms with E-state index in [0.29, 0.717) is 5.92 Å². The van der Waals surface area contributed by atoms with Crippen LogP contribution in [0.15, 0.2) is 18.2 Å². The number of hydrogen-bond acceptors (Lipinski definition) is 5. The van der Waals surface area contributed by atoms with Crippen LogP contribution in [0.2, 0.25) is 0 Å². The monoisotopic (exact) mass is 263 g/mol. The normalized spacial score (nSPS) is 24.7. The molecule has 1 saturated heterocycles. The van der Waals surface area contributed by atoms with Crippen molar-refractivity contribution in [2.45, 2.75) is 19.4 Å². The van der Waals surface area contributed by atoms with Crippen LogP contribution in [0.25, 0.3) is 10.2 Å². The molecule has 1 fully saturated rings. The third kappa shape index (κ3) is 2.04. The summed E-state index contributed by atoms with van der Waals surface area (Å²) in [5.41, 5.74) is 7.56. The van der Waals surface area contributed by atoms with E-state index in [1.807, 2.05) is 18.2 Å². The zero-order valence-electron chi connectivity index (χ0n) is 10.3. The van der Waals surface area contributed by atoms with Crippen LogP contribution in [0.4, 0.5) is 10.8 Å². The van der Waals surface area contributed by atoms with Crippen molar-refractivity contribution >= 4 is 32.4 Å². The van der Waals surface area contributed by atoms with Crippen molar-refractivity contribution in [3.63, 3.8) is 0 Å². The highest BCUT2D eigenvalue weighted by Gasteiger charge is 2.25. The van der Waals surface area contributed by atoms with Crippen LogP contribution in [0.3, 0.4) is 0 Å². The molecule has 2 atom stereocenters. The number of nitrogen functional groups attached to an aromatic ring is 1. The molecule has 1 aromatic heterocycles. The van der Waals surface area contributed by atoms with Crippen LogP contribution in [-0.4, -0.2) is 29.3 Å². The van der Waals surface area contributed by atoms with Crippen LogP contribution in [0.1, 0.15) is 13.3 Å². The molecular formula is C13H17N3OS.